The Balaban J connectivity index is 1.85. The van der Waals surface area contributed by atoms with Crippen LogP contribution in [0.1, 0.15) is 59.8 Å². The van der Waals surface area contributed by atoms with Gasteiger partial charge in [-0.3, -0.25) is 0 Å². The molecule has 1 heterocycles. The minimum atomic E-state index is -0.867. The number of nitrogens with zero attached hydrogens (tertiary/aromatic N) is 1. The van der Waals surface area contributed by atoms with Crippen LogP contribution in [0, 0.1) is 10.8 Å². The van der Waals surface area contributed by atoms with Gasteiger partial charge in [-0.15, -0.1) is 0 Å². The van der Waals surface area contributed by atoms with Gasteiger partial charge in [0.25, 0.3) is 0 Å². The molecule has 0 aromatic carbocycles. The van der Waals surface area contributed by atoms with E-state index < -0.39 is 5.97 Å². The Kier molecular flexibility index (Phi) is 4.99. The fourth-order valence-electron chi connectivity index (χ4n) is 4.64. The largest absolute Gasteiger partial charge is 0.480 e. The molecule has 1 aliphatic carbocycles. The molecule has 2 fully saturated rings. The molecule has 4 heteroatoms. The fraction of sp³-hybridized carbons (Fsp3) is 0.941. The molecule has 2 aliphatic rings. The van der Waals surface area contributed by atoms with Crippen LogP contribution in [0.25, 0.3) is 0 Å². The van der Waals surface area contributed by atoms with Gasteiger partial charge in [0.05, 0.1) is 6.10 Å². The van der Waals surface area contributed by atoms with Crippen molar-refractivity contribution in [3.8, 4) is 0 Å². The maximum atomic E-state index is 10.6. The van der Waals surface area contributed by atoms with Crippen LogP contribution in [0.3, 0.4) is 0 Å². The zero-order valence-corrected chi connectivity index (χ0v) is 14.0. The van der Waals surface area contributed by atoms with Gasteiger partial charge < -0.3 is 14.7 Å². The molecule has 122 valence electrons. The number of rotatable bonds is 4. The lowest BCUT2D eigenvalue weighted by Gasteiger charge is -2.49. The summed E-state index contributed by atoms with van der Waals surface area (Å²) in [7, 11) is 0. The zero-order chi connectivity index (χ0) is 15.7. The number of carboxylic acid groups (broad SMARTS) is 1. The molecule has 0 aromatic heterocycles. The van der Waals surface area contributed by atoms with Gasteiger partial charge in [0.2, 0.25) is 0 Å². The minimum Gasteiger partial charge on any atom is -0.480 e. The molecule has 1 N–H and O–H groups in total. The van der Waals surface area contributed by atoms with Crippen molar-refractivity contribution < 1.29 is 14.6 Å². The summed E-state index contributed by atoms with van der Waals surface area (Å²) in [5, 5.41) is 8.68. The Bertz CT molecular complexity index is 354. The van der Waals surface area contributed by atoms with Crippen LogP contribution >= 0.6 is 0 Å². The van der Waals surface area contributed by atoms with Gasteiger partial charge in [0, 0.05) is 19.1 Å². The first-order valence-electron chi connectivity index (χ1n) is 8.24. The van der Waals surface area contributed by atoms with E-state index in [1.807, 2.05) is 0 Å². The van der Waals surface area contributed by atoms with Gasteiger partial charge in [0.1, 0.15) is 6.61 Å². The topological polar surface area (TPSA) is 49.8 Å². The van der Waals surface area contributed by atoms with Crippen molar-refractivity contribution in [3.05, 3.63) is 0 Å². The maximum Gasteiger partial charge on any atom is 0.329 e. The van der Waals surface area contributed by atoms with Crippen molar-refractivity contribution in [2.45, 2.75) is 71.9 Å². The quantitative estimate of drug-likeness (QED) is 0.866. The number of hydrogen-bond acceptors (Lipinski definition) is 3. The standard InChI is InChI=1S/C17H31NO3/c1-16(2)9-13(10-17(3,4)12-16)18-7-5-14(6-8-18)21-11-15(19)20/h13-14H,5-12H2,1-4H3,(H,19,20). The molecule has 21 heavy (non-hydrogen) atoms. The van der Waals surface area contributed by atoms with E-state index in [-0.39, 0.29) is 12.7 Å². The smallest absolute Gasteiger partial charge is 0.329 e. The van der Waals surface area contributed by atoms with Gasteiger partial charge >= 0.3 is 5.97 Å². The molecular weight excluding hydrogens is 266 g/mol. The zero-order valence-electron chi connectivity index (χ0n) is 14.0. The molecule has 0 bridgehead atoms. The summed E-state index contributed by atoms with van der Waals surface area (Å²) >= 11 is 0. The lowest BCUT2D eigenvalue weighted by Crippen LogP contribution is -2.49. The Morgan fingerprint density at radius 3 is 2.14 bits per heavy atom. The van der Waals surface area contributed by atoms with Gasteiger partial charge in [-0.2, -0.15) is 0 Å². The molecule has 0 aromatic rings. The normalized spacial score (nSPS) is 27.6. The summed E-state index contributed by atoms with van der Waals surface area (Å²) in [6.45, 7) is 11.5. The van der Waals surface area contributed by atoms with Crippen LogP contribution in [0.5, 0.6) is 0 Å². The van der Waals surface area contributed by atoms with Crippen LogP contribution in [0.15, 0.2) is 0 Å². The average molecular weight is 297 g/mol. The fourth-order valence-corrected chi connectivity index (χ4v) is 4.64. The number of carbonyl (C=O) groups is 1. The molecule has 0 radical (unpaired) electrons. The monoisotopic (exact) mass is 297 g/mol. The van der Waals surface area contributed by atoms with E-state index in [2.05, 4.69) is 32.6 Å². The summed E-state index contributed by atoms with van der Waals surface area (Å²) < 4.78 is 5.44. The Labute approximate surface area is 128 Å². The number of aliphatic carboxylic acids is 1. The molecule has 4 nitrogen and oxygen atoms in total. The number of piperidine rings is 1. The second-order valence-corrected chi connectivity index (χ2v) is 8.51. The van der Waals surface area contributed by atoms with Crippen LogP contribution in [-0.4, -0.2) is 47.8 Å². The predicted octanol–water partition coefficient (Wildman–Crippen LogP) is 3.16. The third-order valence-corrected chi connectivity index (χ3v) is 4.97. The summed E-state index contributed by atoms with van der Waals surface area (Å²) in [5.74, 6) is -0.867. The SMILES string of the molecule is CC1(C)CC(N2CCC(OCC(=O)O)CC2)CC(C)(C)C1. The lowest BCUT2D eigenvalue weighted by molar-refractivity contribution is -0.145. The van der Waals surface area contributed by atoms with E-state index in [1.54, 1.807) is 0 Å². The molecule has 1 aliphatic heterocycles. The Hall–Kier alpha value is -0.610. The van der Waals surface area contributed by atoms with Gasteiger partial charge in [-0.05, 0) is 42.9 Å². The molecule has 0 atom stereocenters. The van der Waals surface area contributed by atoms with E-state index in [9.17, 15) is 4.79 Å². The third-order valence-electron chi connectivity index (χ3n) is 4.97. The molecule has 2 rings (SSSR count). The van der Waals surface area contributed by atoms with Crippen LogP contribution in [-0.2, 0) is 9.53 Å². The van der Waals surface area contributed by atoms with E-state index >= 15 is 0 Å². The van der Waals surface area contributed by atoms with Crippen molar-refractivity contribution in [1.82, 2.24) is 4.90 Å². The van der Waals surface area contributed by atoms with Crippen LogP contribution in [0.2, 0.25) is 0 Å². The minimum absolute atomic E-state index is 0.127. The van der Waals surface area contributed by atoms with E-state index in [4.69, 9.17) is 9.84 Å². The van der Waals surface area contributed by atoms with Crippen LogP contribution < -0.4 is 0 Å². The molecule has 1 saturated heterocycles. The average Bonchev–Trinajstić information content (AvgIpc) is 2.33. The molecule has 0 unspecified atom stereocenters. The molecule has 1 saturated carbocycles. The first kappa shape index (κ1) is 16.8. The predicted molar refractivity (Wildman–Crippen MR) is 83.4 cm³/mol. The lowest BCUT2D eigenvalue weighted by atomic mass is 9.63. The van der Waals surface area contributed by atoms with E-state index in [0.29, 0.717) is 16.9 Å². The summed E-state index contributed by atoms with van der Waals surface area (Å²) in [6.07, 6.45) is 5.90. The van der Waals surface area contributed by atoms with Crippen molar-refractivity contribution in [2.75, 3.05) is 19.7 Å². The van der Waals surface area contributed by atoms with Gasteiger partial charge in [0.15, 0.2) is 0 Å². The van der Waals surface area contributed by atoms with Gasteiger partial charge in [-0.1, -0.05) is 27.7 Å². The first-order valence-corrected chi connectivity index (χ1v) is 8.24. The molecule has 0 amide bonds. The van der Waals surface area contributed by atoms with Crippen molar-refractivity contribution in [2.24, 2.45) is 10.8 Å². The first-order chi connectivity index (χ1) is 9.67. The Morgan fingerprint density at radius 1 is 1.14 bits per heavy atom. The third kappa shape index (κ3) is 4.96. The highest BCUT2D eigenvalue weighted by atomic mass is 16.5. The molecular formula is C17H31NO3. The highest BCUT2D eigenvalue weighted by Gasteiger charge is 2.41. The van der Waals surface area contributed by atoms with Crippen molar-refractivity contribution >= 4 is 5.97 Å². The molecule has 0 spiro atoms. The summed E-state index contributed by atoms with van der Waals surface area (Å²) in [4.78, 5) is 13.2. The second kappa shape index (κ2) is 6.25. The number of carboxylic acids is 1. The van der Waals surface area contributed by atoms with Crippen molar-refractivity contribution in [1.29, 1.82) is 0 Å². The summed E-state index contributed by atoms with van der Waals surface area (Å²) in [5.41, 5.74) is 0.839. The summed E-state index contributed by atoms with van der Waals surface area (Å²) in [6, 6.07) is 0.671. The highest BCUT2D eigenvalue weighted by Crippen LogP contribution is 2.47. The van der Waals surface area contributed by atoms with Crippen molar-refractivity contribution in [3.63, 3.8) is 0 Å². The Morgan fingerprint density at radius 2 is 1.67 bits per heavy atom. The number of likely N-dealkylation sites (tertiary alicyclic amines) is 1. The van der Waals surface area contributed by atoms with Crippen LogP contribution in [0.4, 0.5) is 0 Å². The highest BCUT2D eigenvalue weighted by molar-refractivity contribution is 5.68. The van der Waals surface area contributed by atoms with E-state index in [0.717, 1.165) is 25.9 Å². The second-order valence-electron chi connectivity index (χ2n) is 8.51. The number of ether oxygens (including phenoxy) is 1. The maximum absolute atomic E-state index is 10.6. The van der Waals surface area contributed by atoms with Gasteiger partial charge in [-0.25, -0.2) is 4.79 Å². The van der Waals surface area contributed by atoms with E-state index in [1.165, 1.54) is 19.3 Å². The number of hydrogen-bond donors (Lipinski definition) is 1.